The lowest BCUT2D eigenvalue weighted by Gasteiger charge is -2.14. The number of amides is 2. The second-order valence-electron chi connectivity index (χ2n) is 8.20. The molecule has 2 heterocycles. The van der Waals surface area contributed by atoms with Gasteiger partial charge < -0.3 is 4.90 Å². The summed E-state index contributed by atoms with van der Waals surface area (Å²) in [6, 6.07) is 14.8. The maximum absolute atomic E-state index is 13.8. The van der Waals surface area contributed by atoms with Crippen LogP contribution in [0.1, 0.15) is 33.8 Å². The Bertz CT molecular complexity index is 1350. The number of rotatable bonds is 6. The Labute approximate surface area is 205 Å². The van der Waals surface area contributed by atoms with Gasteiger partial charge in [0.05, 0.1) is 10.6 Å². The van der Waals surface area contributed by atoms with Crippen molar-refractivity contribution >= 4 is 22.8 Å². The van der Waals surface area contributed by atoms with Crippen LogP contribution in [0.5, 0.6) is 0 Å². The molecule has 35 heavy (non-hydrogen) atoms. The Morgan fingerprint density at radius 2 is 2.00 bits per heavy atom. The number of hydrogen-bond acceptors (Lipinski definition) is 4. The average Bonchev–Trinajstić information content (AvgIpc) is 3.37. The number of aryl methyl sites for hydroxylation is 1. The number of carbonyl (C=O) groups excluding carboxylic acids is 2. The van der Waals surface area contributed by atoms with E-state index in [0.717, 1.165) is 23.1 Å². The molecule has 1 aliphatic heterocycles. The normalized spacial score (nSPS) is 15.9. The predicted octanol–water partition coefficient (Wildman–Crippen LogP) is 3.10. The van der Waals surface area contributed by atoms with E-state index in [0.29, 0.717) is 24.3 Å². The number of hydrazine groups is 1. The van der Waals surface area contributed by atoms with Crippen molar-refractivity contribution in [2.24, 2.45) is 0 Å². The van der Waals surface area contributed by atoms with Crippen molar-refractivity contribution in [2.45, 2.75) is 24.2 Å². The maximum atomic E-state index is 13.8. The fourth-order valence-corrected chi connectivity index (χ4v) is 4.79. The Morgan fingerprint density at radius 1 is 1.20 bits per heavy atom. The number of aromatic nitrogens is 1. The van der Waals surface area contributed by atoms with Crippen molar-refractivity contribution in [2.75, 3.05) is 13.1 Å². The van der Waals surface area contributed by atoms with Crippen molar-refractivity contribution in [3.8, 4) is 23.6 Å². The molecule has 0 bridgehead atoms. The molecule has 0 aliphatic carbocycles. The Morgan fingerprint density at radius 3 is 2.77 bits per heavy atom. The highest BCUT2D eigenvalue weighted by atomic mass is 32.2. The van der Waals surface area contributed by atoms with E-state index in [1.54, 1.807) is 29.3 Å². The van der Waals surface area contributed by atoms with Gasteiger partial charge in [0.2, 0.25) is 0 Å². The Balaban J connectivity index is 1.50. The molecular formula is C26H23FN4O3S. The van der Waals surface area contributed by atoms with Crippen LogP contribution in [0.15, 0.2) is 65.7 Å². The van der Waals surface area contributed by atoms with Gasteiger partial charge in [-0.2, -0.15) is 0 Å². The van der Waals surface area contributed by atoms with Crippen molar-refractivity contribution in [1.82, 2.24) is 20.1 Å². The molecule has 178 valence electrons. The lowest BCUT2D eigenvalue weighted by Crippen LogP contribution is -2.38. The summed E-state index contributed by atoms with van der Waals surface area (Å²) in [5, 5.41) is 0. The standard InChI is InChI=1S/C26H23FN4O3S/c1-3-25(32)31-11-9-19(16-31)18-8-10-28-23(15-18)20-12-17(2)13-21(14-20)26(33)29-30-35(34)24-7-5-4-6-22(24)27/h1,4-8,10,12-15,19,30H,9,11,16H2,2H3,(H,29,33). The molecule has 0 saturated carbocycles. The minimum atomic E-state index is -1.96. The molecule has 9 heteroatoms. The first-order chi connectivity index (χ1) is 16.9. The van der Waals surface area contributed by atoms with E-state index in [2.05, 4.69) is 21.2 Å². The monoisotopic (exact) mass is 490 g/mol. The molecule has 4 rings (SSSR count). The summed E-state index contributed by atoms with van der Waals surface area (Å²) in [4.78, 5) is 33.0. The van der Waals surface area contributed by atoms with Gasteiger partial charge >= 0.3 is 0 Å². The second kappa shape index (κ2) is 10.6. The number of terminal acetylenes is 1. The van der Waals surface area contributed by atoms with Gasteiger partial charge in [0.15, 0.2) is 0 Å². The van der Waals surface area contributed by atoms with Crippen LogP contribution in [0.4, 0.5) is 4.39 Å². The molecule has 7 nitrogen and oxygen atoms in total. The van der Waals surface area contributed by atoms with E-state index < -0.39 is 22.7 Å². The number of carbonyl (C=O) groups is 2. The molecule has 2 atom stereocenters. The van der Waals surface area contributed by atoms with Crippen LogP contribution in [0.3, 0.4) is 0 Å². The smallest absolute Gasteiger partial charge is 0.298 e. The largest absolute Gasteiger partial charge is 0.331 e. The van der Waals surface area contributed by atoms with Gasteiger partial charge in [-0.05, 0) is 72.9 Å². The number of pyridine rings is 1. The Kier molecular flexibility index (Phi) is 7.34. The van der Waals surface area contributed by atoms with Gasteiger partial charge in [0, 0.05) is 36.3 Å². The molecule has 0 spiro atoms. The van der Waals surface area contributed by atoms with Crippen LogP contribution < -0.4 is 10.3 Å². The molecule has 3 aromatic rings. The number of likely N-dealkylation sites (tertiary alicyclic amines) is 1. The van der Waals surface area contributed by atoms with E-state index in [4.69, 9.17) is 6.42 Å². The van der Waals surface area contributed by atoms with Crippen LogP contribution in [0.2, 0.25) is 0 Å². The molecule has 2 N–H and O–H groups in total. The van der Waals surface area contributed by atoms with Gasteiger partial charge in [0.1, 0.15) is 16.8 Å². The van der Waals surface area contributed by atoms with Crippen LogP contribution in [0.25, 0.3) is 11.3 Å². The lowest BCUT2D eigenvalue weighted by atomic mass is 9.96. The fourth-order valence-electron chi connectivity index (χ4n) is 4.04. The number of benzene rings is 2. The van der Waals surface area contributed by atoms with Gasteiger partial charge in [-0.1, -0.05) is 12.1 Å². The molecule has 2 unspecified atom stereocenters. The third-order valence-corrected chi connectivity index (χ3v) is 6.80. The van der Waals surface area contributed by atoms with Gasteiger partial charge in [-0.25, -0.2) is 8.60 Å². The highest BCUT2D eigenvalue weighted by Crippen LogP contribution is 2.30. The van der Waals surface area contributed by atoms with Crippen molar-refractivity contribution in [1.29, 1.82) is 0 Å². The van der Waals surface area contributed by atoms with Gasteiger partial charge in [-0.3, -0.25) is 20.0 Å². The first-order valence-electron chi connectivity index (χ1n) is 10.9. The van der Waals surface area contributed by atoms with Crippen molar-refractivity contribution in [3.63, 3.8) is 0 Å². The molecule has 1 saturated heterocycles. The zero-order valence-electron chi connectivity index (χ0n) is 19.0. The second-order valence-corrected chi connectivity index (χ2v) is 9.38. The summed E-state index contributed by atoms with van der Waals surface area (Å²) in [5.74, 6) is 0.857. The minimum absolute atomic E-state index is 0.0619. The van der Waals surface area contributed by atoms with E-state index in [-0.39, 0.29) is 16.7 Å². The zero-order chi connectivity index (χ0) is 24.9. The quantitative estimate of drug-likeness (QED) is 0.410. The first-order valence-corrected chi connectivity index (χ1v) is 12.1. The van der Waals surface area contributed by atoms with E-state index in [1.165, 1.54) is 18.2 Å². The molecule has 2 aromatic carbocycles. The number of hydrogen-bond donors (Lipinski definition) is 2. The molecule has 1 aromatic heterocycles. The van der Waals surface area contributed by atoms with Gasteiger partial charge in [-0.15, -0.1) is 11.3 Å². The lowest BCUT2D eigenvalue weighted by molar-refractivity contribution is -0.124. The summed E-state index contributed by atoms with van der Waals surface area (Å²) >= 11 is 0. The third-order valence-electron chi connectivity index (χ3n) is 5.78. The summed E-state index contributed by atoms with van der Waals surface area (Å²) in [7, 11) is -1.96. The topological polar surface area (TPSA) is 91.4 Å². The SMILES string of the molecule is C#CC(=O)N1CCC(c2ccnc(-c3cc(C)cc(C(=O)NNS(=O)c4ccccc4F)c3)c2)C1. The summed E-state index contributed by atoms with van der Waals surface area (Å²) in [5.41, 5.74) is 6.00. The molecule has 1 fully saturated rings. The van der Waals surface area contributed by atoms with E-state index >= 15 is 0 Å². The number of nitrogens with one attached hydrogen (secondary N) is 2. The Hall–Kier alpha value is -3.87. The molecular weight excluding hydrogens is 467 g/mol. The maximum Gasteiger partial charge on any atom is 0.298 e. The number of nitrogens with zero attached hydrogens (tertiary/aromatic N) is 2. The highest BCUT2D eigenvalue weighted by Gasteiger charge is 2.26. The fraction of sp³-hybridized carbons (Fsp3) is 0.192. The summed E-state index contributed by atoms with van der Waals surface area (Å²) < 4.78 is 26.1. The van der Waals surface area contributed by atoms with Crippen LogP contribution in [-0.2, 0) is 15.8 Å². The van der Waals surface area contributed by atoms with E-state index in [9.17, 15) is 18.2 Å². The van der Waals surface area contributed by atoms with Crippen molar-refractivity contribution < 1.29 is 18.2 Å². The average molecular weight is 491 g/mol. The highest BCUT2D eigenvalue weighted by molar-refractivity contribution is 7.83. The predicted molar refractivity (Wildman–Crippen MR) is 131 cm³/mol. The minimum Gasteiger partial charge on any atom is -0.331 e. The van der Waals surface area contributed by atoms with E-state index in [1.807, 2.05) is 25.1 Å². The zero-order valence-corrected chi connectivity index (χ0v) is 19.8. The molecule has 0 radical (unpaired) electrons. The third kappa shape index (κ3) is 5.62. The molecule has 1 aliphatic rings. The van der Waals surface area contributed by atoms with Crippen LogP contribution in [0, 0.1) is 25.1 Å². The first kappa shape index (κ1) is 24.3. The summed E-state index contributed by atoms with van der Waals surface area (Å²) in [6.45, 7) is 3.02. The van der Waals surface area contributed by atoms with Crippen molar-refractivity contribution in [3.05, 3.63) is 83.3 Å². The molecule has 2 amide bonds. The van der Waals surface area contributed by atoms with Crippen LogP contribution >= 0.6 is 0 Å². The van der Waals surface area contributed by atoms with Gasteiger partial charge in [0.25, 0.3) is 11.8 Å². The summed E-state index contributed by atoms with van der Waals surface area (Å²) in [6.07, 6.45) is 7.76. The van der Waals surface area contributed by atoms with Crippen LogP contribution in [-0.4, -0.2) is 39.0 Å². The number of halogens is 1.